The van der Waals surface area contributed by atoms with Gasteiger partial charge in [0.15, 0.2) is 0 Å². The van der Waals surface area contributed by atoms with Crippen LogP contribution in [0, 0.1) is 17.8 Å². The average molecular weight is 817 g/mol. The standard InChI is InChI=1S/C40H60N6O12/c1-7-13-27(40(57)58)42-37(54)30-18-26(17-12-16-25-14-10-9-11-15-25)21-46(30)39(56)33(22(3)4)44-38(55)34(23(5)8-2)45-36(53)29(20-32(50)51)43-35(52)28(19-31(48)49)41-24(6)47/h9-11,14-15,22-23,26-30,33-34H,7-8,12-13,16-21H2,1-6H3,(H,41,47)(H,42,54)(H,43,52)(H,44,55)(H,45,53)(H,48,49)(H,50,51)(H,57,58)/t23-,26+,27-,28-,29-,30-,33-,34-/m0/s1. The molecule has 322 valence electrons. The van der Waals surface area contributed by atoms with E-state index in [4.69, 9.17) is 0 Å². The Balaban J connectivity index is 2.36. The minimum Gasteiger partial charge on any atom is -0.481 e. The van der Waals surface area contributed by atoms with Gasteiger partial charge in [-0.1, -0.05) is 77.8 Å². The summed E-state index contributed by atoms with van der Waals surface area (Å²) in [4.78, 5) is 117. The summed E-state index contributed by atoms with van der Waals surface area (Å²) in [6.07, 6.45) is 1.71. The van der Waals surface area contributed by atoms with E-state index >= 15 is 0 Å². The molecule has 1 saturated heterocycles. The van der Waals surface area contributed by atoms with Gasteiger partial charge < -0.3 is 46.8 Å². The molecule has 0 unspecified atom stereocenters. The van der Waals surface area contributed by atoms with Gasteiger partial charge in [0.2, 0.25) is 35.4 Å². The largest absolute Gasteiger partial charge is 0.481 e. The minimum absolute atomic E-state index is 0.101. The molecule has 18 heteroatoms. The Morgan fingerprint density at radius 3 is 1.83 bits per heavy atom. The summed E-state index contributed by atoms with van der Waals surface area (Å²) < 4.78 is 0. The normalized spacial score (nSPS) is 18.1. The van der Waals surface area contributed by atoms with Crippen molar-refractivity contribution in [1.29, 1.82) is 0 Å². The second kappa shape index (κ2) is 23.6. The maximum Gasteiger partial charge on any atom is 0.326 e. The van der Waals surface area contributed by atoms with E-state index in [-0.39, 0.29) is 25.3 Å². The van der Waals surface area contributed by atoms with Crippen LogP contribution in [0.25, 0.3) is 0 Å². The Hall–Kier alpha value is -5.55. The maximum absolute atomic E-state index is 14.4. The minimum atomic E-state index is -1.79. The molecule has 0 radical (unpaired) electrons. The third-order valence-corrected chi connectivity index (χ3v) is 10.2. The highest BCUT2D eigenvalue weighted by atomic mass is 16.4. The number of benzene rings is 1. The van der Waals surface area contributed by atoms with Gasteiger partial charge in [0, 0.05) is 13.5 Å². The number of nitrogens with zero attached hydrogens (tertiary/aromatic N) is 1. The number of nitrogens with one attached hydrogen (secondary N) is 5. The predicted octanol–water partition coefficient (Wildman–Crippen LogP) is 1.21. The predicted molar refractivity (Wildman–Crippen MR) is 210 cm³/mol. The molecular weight excluding hydrogens is 756 g/mol. The lowest BCUT2D eigenvalue weighted by atomic mass is 9.95. The summed E-state index contributed by atoms with van der Waals surface area (Å²) in [6.45, 7) is 9.75. The summed E-state index contributed by atoms with van der Waals surface area (Å²) in [5, 5.41) is 40.6. The fraction of sp³-hybridized carbons (Fsp3) is 0.625. The molecular formula is C40H60N6O12. The second-order valence-electron chi connectivity index (χ2n) is 15.3. The van der Waals surface area contributed by atoms with E-state index in [1.807, 2.05) is 30.3 Å². The first-order valence-electron chi connectivity index (χ1n) is 19.8. The van der Waals surface area contributed by atoms with Crippen molar-refractivity contribution < 1.29 is 58.5 Å². The smallest absolute Gasteiger partial charge is 0.326 e. The number of carbonyl (C=O) groups excluding carboxylic acids is 6. The Bertz CT molecular complexity index is 1610. The van der Waals surface area contributed by atoms with Crippen molar-refractivity contribution >= 4 is 53.4 Å². The summed E-state index contributed by atoms with van der Waals surface area (Å²) in [5.74, 6) is -10.3. The molecule has 1 heterocycles. The lowest BCUT2D eigenvalue weighted by Crippen LogP contribution is -2.61. The van der Waals surface area contributed by atoms with Crippen LogP contribution in [0.4, 0.5) is 0 Å². The van der Waals surface area contributed by atoms with E-state index in [0.717, 1.165) is 25.3 Å². The molecule has 0 saturated carbocycles. The van der Waals surface area contributed by atoms with Crippen LogP contribution in [0.2, 0.25) is 0 Å². The molecule has 1 aromatic rings. The average Bonchev–Trinajstić information content (AvgIpc) is 3.58. The van der Waals surface area contributed by atoms with E-state index in [1.165, 1.54) is 4.90 Å². The van der Waals surface area contributed by atoms with Crippen molar-refractivity contribution in [2.75, 3.05) is 6.54 Å². The van der Waals surface area contributed by atoms with Gasteiger partial charge in [0.1, 0.15) is 36.3 Å². The Morgan fingerprint density at radius 1 is 0.741 bits per heavy atom. The van der Waals surface area contributed by atoms with Gasteiger partial charge in [0.25, 0.3) is 0 Å². The van der Waals surface area contributed by atoms with Crippen LogP contribution in [0.15, 0.2) is 30.3 Å². The third kappa shape index (κ3) is 15.4. The van der Waals surface area contributed by atoms with Gasteiger partial charge in [-0.3, -0.25) is 38.4 Å². The fourth-order valence-corrected chi connectivity index (χ4v) is 6.85. The molecule has 2 rings (SSSR count). The Labute approximate surface area is 338 Å². The van der Waals surface area contributed by atoms with Gasteiger partial charge in [-0.2, -0.15) is 0 Å². The number of likely N-dealkylation sites (tertiary alicyclic amines) is 1. The third-order valence-electron chi connectivity index (χ3n) is 10.2. The molecule has 0 aliphatic carbocycles. The molecule has 1 aromatic carbocycles. The molecule has 18 nitrogen and oxygen atoms in total. The van der Waals surface area contributed by atoms with E-state index in [2.05, 4.69) is 26.6 Å². The van der Waals surface area contributed by atoms with Crippen molar-refractivity contribution in [2.45, 2.75) is 136 Å². The van der Waals surface area contributed by atoms with Crippen LogP contribution in [0.3, 0.4) is 0 Å². The van der Waals surface area contributed by atoms with Gasteiger partial charge in [-0.15, -0.1) is 0 Å². The van der Waals surface area contributed by atoms with Crippen molar-refractivity contribution in [1.82, 2.24) is 31.5 Å². The van der Waals surface area contributed by atoms with Gasteiger partial charge in [-0.25, -0.2) is 4.79 Å². The first-order valence-corrected chi connectivity index (χ1v) is 19.8. The number of carboxylic acids is 3. The number of aliphatic carboxylic acids is 3. The number of carboxylic acid groups (broad SMARTS) is 3. The summed E-state index contributed by atoms with van der Waals surface area (Å²) in [6, 6.07) is 1.69. The SMILES string of the molecule is CCC[C@H](NC(=O)[C@@H]1C[C@@H](CCCc2ccccc2)CN1C(=O)[C@@H](NC(=O)[C@@H](NC(=O)[C@H](CC(=O)O)NC(=O)[C@H](CC(=O)O)NC(C)=O)[C@@H](C)CC)C(C)C)C(=O)O. The lowest BCUT2D eigenvalue weighted by molar-refractivity contribution is -0.146. The van der Waals surface area contributed by atoms with Crippen LogP contribution in [-0.4, -0.2) is 116 Å². The molecule has 8 atom stereocenters. The number of hydrogen-bond acceptors (Lipinski definition) is 9. The highest BCUT2D eigenvalue weighted by Gasteiger charge is 2.44. The van der Waals surface area contributed by atoms with Crippen LogP contribution in [-0.2, 0) is 49.6 Å². The van der Waals surface area contributed by atoms with Gasteiger partial charge in [0.05, 0.1) is 12.8 Å². The van der Waals surface area contributed by atoms with Crippen molar-refractivity contribution in [3.8, 4) is 0 Å². The number of amides is 6. The monoisotopic (exact) mass is 816 g/mol. The first-order chi connectivity index (χ1) is 27.3. The number of rotatable bonds is 24. The zero-order valence-electron chi connectivity index (χ0n) is 34.1. The van der Waals surface area contributed by atoms with Crippen molar-refractivity contribution in [2.24, 2.45) is 17.8 Å². The number of aryl methyl sites for hydroxylation is 1. The fourth-order valence-electron chi connectivity index (χ4n) is 6.85. The van der Waals surface area contributed by atoms with Crippen molar-refractivity contribution in [3.05, 3.63) is 35.9 Å². The van der Waals surface area contributed by atoms with Crippen LogP contribution < -0.4 is 26.6 Å². The lowest BCUT2D eigenvalue weighted by Gasteiger charge is -2.33. The summed E-state index contributed by atoms with van der Waals surface area (Å²) in [7, 11) is 0. The zero-order valence-corrected chi connectivity index (χ0v) is 34.1. The molecule has 1 aliphatic heterocycles. The summed E-state index contributed by atoms with van der Waals surface area (Å²) in [5.41, 5.74) is 1.14. The molecule has 1 fully saturated rings. The van der Waals surface area contributed by atoms with Gasteiger partial charge >= 0.3 is 17.9 Å². The molecule has 8 N–H and O–H groups in total. The molecule has 0 spiro atoms. The van der Waals surface area contributed by atoms with E-state index in [0.29, 0.717) is 19.3 Å². The summed E-state index contributed by atoms with van der Waals surface area (Å²) >= 11 is 0. The Morgan fingerprint density at radius 2 is 1.31 bits per heavy atom. The molecule has 0 aromatic heterocycles. The number of carbonyl (C=O) groups is 9. The van der Waals surface area contributed by atoms with E-state index in [1.54, 1.807) is 34.6 Å². The van der Waals surface area contributed by atoms with Crippen LogP contribution >= 0.6 is 0 Å². The van der Waals surface area contributed by atoms with Gasteiger partial charge in [-0.05, 0) is 55.4 Å². The highest BCUT2D eigenvalue weighted by Crippen LogP contribution is 2.29. The molecule has 1 aliphatic rings. The van der Waals surface area contributed by atoms with E-state index < -0.39 is 114 Å². The molecule has 6 amide bonds. The highest BCUT2D eigenvalue weighted by molar-refractivity contribution is 5.98. The first kappa shape index (κ1) is 48.6. The second-order valence-corrected chi connectivity index (χ2v) is 15.3. The maximum atomic E-state index is 14.4. The topological polar surface area (TPSA) is 278 Å². The van der Waals surface area contributed by atoms with Crippen molar-refractivity contribution in [3.63, 3.8) is 0 Å². The van der Waals surface area contributed by atoms with E-state index in [9.17, 15) is 58.5 Å². The van der Waals surface area contributed by atoms with Crippen LogP contribution in [0.1, 0.15) is 98.5 Å². The molecule has 0 bridgehead atoms. The molecule has 58 heavy (non-hydrogen) atoms. The zero-order chi connectivity index (χ0) is 43.7. The Kier molecular flexibility index (Phi) is 19.8. The quantitative estimate of drug-likeness (QED) is 0.0731. The number of hydrogen-bond donors (Lipinski definition) is 8. The van der Waals surface area contributed by atoms with Crippen LogP contribution in [0.5, 0.6) is 0 Å².